The van der Waals surface area contributed by atoms with E-state index in [1.165, 1.54) is 21.7 Å². The van der Waals surface area contributed by atoms with Crippen LogP contribution >= 0.6 is 11.3 Å². The predicted octanol–water partition coefficient (Wildman–Crippen LogP) is 3.97. The lowest BCUT2D eigenvalue weighted by atomic mass is 10.2. The van der Waals surface area contributed by atoms with Crippen molar-refractivity contribution in [3.05, 3.63) is 68.7 Å². The predicted molar refractivity (Wildman–Crippen MR) is 101 cm³/mol. The second-order valence-electron chi connectivity index (χ2n) is 6.58. The van der Waals surface area contributed by atoms with Crippen LogP contribution in [0.4, 0.5) is 0 Å². The van der Waals surface area contributed by atoms with E-state index in [0.29, 0.717) is 12.2 Å². The highest BCUT2D eigenvalue weighted by atomic mass is 32.1. The molecule has 0 atom stereocenters. The first-order chi connectivity index (χ1) is 12.1. The lowest BCUT2D eigenvalue weighted by Crippen LogP contribution is -2.24. The van der Waals surface area contributed by atoms with Crippen molar-refractivity contribution in [3.63, 3.8) is 0 Å². The van der Waals surface area contributed by atoms with Crippen LogP contribution in [0.5, 0.6) is 0 Å². The van der Waals surface area contributed by atoms with E-state index in [9.17, 15) is 4.79 Å². The number of amides is 1. The molecule has 0 saturated carbocycles. The number of benzene rings is 1. The fourth-order valence-electron chi connectivity index (χ4n) is 3.35. The van der Waals surface area contributed by atoms with Gasteiger partial charge in [0.05, 0.1) is 12.2 Å². The molecule has 0 aliphatic heterocycles. The van der Waals surface area contributed by atoms with E-state index in [0.717, 1.165) is 30.5 Å². The number of nitrogens with one attached hydrogen (secondary N) is 1. The lowest BCUT2D eigenvalue weighted by Gasteiger charge is -2.06. The number of aromatic nitrogens is 2. The molecule has 4 nitrogen and oxygen atoms in total. The van der Waals surface area contributed by atoms with E-state index in [-0.39, 0.29) is 5.91 Å². The first-order valence-corrected chi connectivity index (χ1v) is 9.50. The number of carbonyl (C=O) groups excluding carboxylic acids is 1. The molecule has 0 fully saturated rings. The first-order valence-electron chi connectivity index (χ1n) is 8.62. The van der Waals surface area contributed by atoms with Crippen molar-refractivity contribution in [1.29, 1.82) is 0 Å². The van der Waals surface area contributed by atoms with E-state index in [4.69, 9.17) is 0 Å². The molecule has 0 radical (unpaired) electrons. The Bertz CT molecular complexity index is 921. The van der Waals surface area contributed by atoms with Gasteiger partial charge in [-0.3, -0.25) is 4.79 Å². The largest absolute Gasteiger partial charge is 0.346 e. The molecule has 0 unspecified atom stereocenters. The van der Waals surface area contributed by atoms with Crippen molar-refractivity contribution in [2.24, 2.45) is 0 Å². The Morgan fingerprint density at radius 1 is 1.20 bits per heavy atom. The Kier molecular flexibility index (Phi) is 4.17. The van der Waals surface area contributed by atoms with E-state index in [1.54, 1.807) is 11.3 Å². The van der Waals surface area contributed by atoms with E-state index in [2.05, 4.69) is 60.0 Å². The van der Waals surface area contributed by atoms with Gasteiger partial charge in [0.15, 0.2) is 5.69 Å². The smallest absolute Gasteiger partial charge is 0.272 e. The Morgan fingerprint density at radius 3 is 2.72 bits per heavy atom. The number of hydrogen-bond donors (Lipinski definition) is 1. The SMILES string of the molecule is Cc1ccc(-n2nc(C(=O)NCc3sccc3C)c3c2CCC3)cc1. The van der Waals surface area contributed by atoms with Crippen LogP contribution in [0, 0.1) is 13.8 Å². The monoisotopic (exact) mass is 351 g/mol. The third-order valence-corrected chi connectivity index (χ3v) is 5.82. The number of aryl methyl sites for hydroxylation is 2. The van der Waals surface area contributed by atoms with Crippen molar-refractivity contribution in [2.45, 2.75) is 39.7 Å². The molecule has 1 amide bonds. The summed E-state index contributed by atoms with van der Waals surface area (Å²) in [4.78, 5) is 13.9. The molecule has 2 aromatic heterocycles. The molecular weight excluding hydrogens is 330 g/mol. The quantitative estimate of drug-likeness (QED) is 0.773. The lowest BCUT2D eigenvalue weighted by molar-refractivity contribution is 0.0945. The molecule has 5 heteroatoms. The second-order valence-corrected chi connectivity index (χ2v) is 7.58. The minimum atomic E-state index is -0.0724. The molecule has 1 aromatic carbocycles. The highest BCUT2D eigenvalue weighted by Gasteiger charge is 2.26. The number of carbonyl (C=O) groups is 1. The second kappa shape index (κ2) is 6.48. The van der Waals surface area contributed by atoms with Gasteiger partial charge in [-0.2, -0.15) is 5.10 Å². The van der Waals surface area contributed by atoms with Gasteiger partial charge in [-0.15, -0.1) is 11.3 Å². The standard InChI is InChI=1S/C20H21N3OS/c1-13-6-8-15(9-7-13)23-17-5-3-4-16(17)19(22-23)20(24)21-12-18-14(2)10-11-25-18/h6-11H,3-5,12H2,1-2H3,(H,21,24). The zero-order valence-corrected chi connectivity index (χ0v) is 15.3. The highest BCUT2D eigenvalue weighted by molar-refractivity contribution is 7.10. The topological polar surface area (TPSA) is 46.9 Å². The van der Waals surface area contributed by atoms with Crippen molar-refractivity contribution >= 4 is 17.2 Å². The summed E-state index contributed by atoms with van der Waals surface area (Å²) < 4.78 is 1.95. The molecule has 3 aromatic rings. The van der Waals surface area contributed by atoms with Crippen molar-refractivity contribution < 1.29 is 4.79 Å². The summed E-state index contributed by atoms with van der Waals surface area (Å²) >= 11 is 1.68. The van der Waals surface area contributed by atoms with Gasteiger partial charge in [-0.05, 0) is 62.3 Å². The summed E-state index contributed by atoms with van der Waals surface area (Å²) in [5.41, 5.74) is 6.35. The van der Waals surface area contributed by atoms with Gasteiger partial charge in [-0.25, -0.2) is 4.68 Å². The van der Waals surface area contributed by atoms with Crippen molar-refractivity contribution in [2.75, 3.05) is 0 Å². The molecule has 1 aliphatic carbocycles. The van der Waals surface area contributed by atoms with Crippen LogP contribution in [0.25, 0.3) is 5.69 Å². The van der Waals surface area contributed by atoms with Gasteiger partial charge in [-0.1, -0.05) is 17.7 Å². The molecule has 4 rings (SSSR count). The van der Waals surface area contributed by atoms with Gasteiger partial charge in [0.2, 0.25) is 0 Å². The molecule has 25 heavy (non-hydrogen) atoms. The van der Waals surface area contributed by atoms with Gasteiger partial charge < -0.3 is 5.32 Å². The van der Waals surface area contributed by atoms with Gasteiger partial charge in [0, 0.05) is 16.1 Å². The third kappa shape index (κ3) is 3.00. The number of hydrogen-bond acceptors (Lipinski definition) is 3. The molecular formula is C20H21N3OS. The summed E-state index contributed by atoms with van der Waals surface area (Å²) in [7, 11) is 0. The first kappa shape index (κ1) is 16.1. The Labute approximate surface area is 151 Å². The van der Waals surface area contributed by atoms with Crippen molar-refractivity contribution in [3.8, 4) is 5.69 Å². The van der Waals surface area contributed by atoms with Crippen LogP contribution in [0.2, 0.25) is 0 Å². The van der Waals surface area contributed by atoms with Crippen LogP contribution in [0.15, 0.2) is 35.7 Å². The minimum Gasteiger partial charge on any atom is -0.346 e. The average molecular weight is 351 g/mol. The maximum atomic E-state index is 12.7. The molecule has 2 heterocycles. The van der Waals surface area contributed by atoms with Crippen LogP contribution in [-0.4, -0.2) is 15.7 Å². The summed E-state index contributed by atoms with van der Waals surface area (Å²) in [5, 5.41) is 9.76. The van der Waals surface area contributed by atoms with Crippen LogP contribution in [0.1, 0.15) is 44.2 Å². The molecule has 128 valence electrons. The van der Waals surface area contributed by atoms with Gasteiger partial charge in [0.25, 0.3) is 5.91 Å². The summed E-state index contributed by atoms with van der Waals surface area (Å²) in [6.45, 7) is 4.71. The fourth-order valence-corrected chi connectivity index (χ4v) is 4.19. The fraction of sp³-hybridized carbons (Fsp3) is 0.300. The zero-order chi connectivity index (χ0) is 17.4. The molecule has 0 saturated heterocycles. The normalized spacial score (nSPS) is 13.0. The summed E-state index contributed by atoms with van der Waals surface area (Å²) in [6.07, 6.45) is 3.00. The molecule has 0 spiro atoms. The maximum Gasteiger partial charge on any atom is 0.272 e. The summed E-state index contributed by atoms with van der Waals surface area (Å²) in [6, 6.07) is 10.4. The number of fused-ring (bicyclic) bond motifs is 1. The number of nitrogens with zero attached hydrogens (tertiary/aromatic N) is 2. The van der Waals surface area contributed by atoms with Gasteiger partial charge >= 0.3 is 0 Å². The van der Waals surface area contributed by atoms with Gasteiger partial charge in [0.1, 0.15) is 0 Å². The third-order valence-electron chi connectivity index (χ3n) is 4.80. The molecule has 0 bridgehead atoms. The molecule has 1 N–H and O–H groups in total. The van der Waals surface area contributed by atoms with E-state index >= 15 is 0 Å². The minimum absolute atomic E-state index is 0.0724. The molecule has 1 aliphatic rings. The van der Waals surface area contributed by atoms with Crippen molar-refractivity contribution in [1.82, 2.24) is 15.1 Å². The Hall–Kier alpha value is -2.40. The van der Waals surface area contributed by atoms with Crippen LogP contribution in [-0.2, 0) is 19.4 Å². The average Bonchev–Trinajstić information content (AvgIpc) is 3.30. The number of rotatable bonds is 4. The van der Waals surface area contributed by atoms with E-state index in [1.807, 2.05) is 4.68 Å². The van der Waals surface area contributed by atoms with Crippen LogP contribution in [0.3, 0.4) is 0 Å². The van der Waals surface area contributed by atoms with E-state index < -0.39 is 0 Å². The maximum absolute atomic E-state index is 12.7. The highest BCUT2D eigenvalue weighted by Crippen LogP contribution is 2.28. The van der Waals surface area contributed by atoms with Crippen LogP contribution < -0.4 is 5.32 Å². The zero-order valence-electron chi connectivity index (χ0n) is 14.5. The Balaban J connectivity index is 1.62. The Morgan fingerprint density at radius 2 is 2.00 bits per heavy atom. The summed E-state index contributed by atoms with van der Waals surface area (Å²) in [5.74, 6) is -0.0724. The number of thiophene rings is 1.